The molecule has 0 atom stereocenters. The molecule has 1 aromatic carbocycles. The molecule has 0 saturated carbocycles. The Labute approximate surface area is 127 Å². The lowest BCUT2D eigenvalue weighted by molar-refractivity contribution is 0.754. The van der Waals surface area contributed by atoms with E-state index >= 15 is 0 Å². The van der Waals surface area contributed by atoms with E-state index in [4.69, 9.17) is 5.73 Å². The molecular weight excluding hydrogens is 260 g/mol. The largest absolute Gasteiger partial charge is 0.355 e. The summed E-state index contributed by atoms with van der Waals surface area (Å²) in [5.74, 6) is 2.19. The maximum absolute atomic E-state index is 5.70. The van der Waals surface area contributed by atoms with Crippen LogP contribution in [-0.4, -0.2) is 17.0 Å². The van der Waals surface area contributed by atoms with Gasteiger partial charge in [-0.2, -0.15) is 0 Å². The van der Waals surface area contributed by atoms with E-state index in [1.807, 2.05) is 13.0 Å². The van der Waals surface area contributed by atoms with Crippen molar-refractivity contribution in [2.75, 3.05) is 11.9 Å². The Kier molecular flexibility index (Phi) is 4.91. The minimum absolute atomic E-state index is 0.331. The minimum Gasteiger partial charge on any atom is -0.355 e. The first-order chi connectivity index (χ1) is 9.99. The van der Waals surface area contributed by atoms with Gasteiger partial charge in [-0.1, -0.05) is 38.1 Å². The number of aryl methyl sites for hydroxylation is 1. The summed E-state index contributed by atoms with van der Waals surface area (Å²) < 4.78 is 0. The number of nitrogens with zero attached hydrogens (tertiary/aromatic N) is 3. The van der Waals surface area contributed by atoms with Crippen LogP contribution in [-0.2, 0) is 13.1 Å². The van der Waals surface area contributed by atoms with Crippen LogP contribution >= 0.6 is 0 Å². The SMILES string of the molecule is Cc1cc(N(C)Cc2cccc(CN)c2)nc(C(C)C)n1. The van der Waals surface area contributed by atoms with Crippen LogP contribution < -0.4 is 10.6 Å². The van der Waals surface area contributed by atoms with Crippen LogP contribution in [0.1, 0.15) is 42.4 Å². The summed E-state index contributed by atoms with van der Waals surface area (Å²) in [5, 5.41) is 0. The highest BCUT2D eigenvalue weighted by Gasteiger charge is 2.10. The molecule has 112 valence electrons. The van der Waals surface area contributed by atoms with E-state index in [0.717, 1.165) is 29.4 Å². The molecule has 0 saturated heterocycles. The zero-order valence-electron chi connectivity index (χ0n) is 13.3. The average molecular weight is 284 g/mol. The number of rotatable bonds is 5. The fourth-order valence-corrected chi connectivity index (χ4v) is 2.24. The van der Waals surface area contributed by atoms with Crippen molar-refractivity contribution >= 4 is 5.82 Å². The van der Waals surface area contributed by atoms with Crippen LogP contribution in [0.3, 0.4) is 0 Å². The molecule has 0 unspecified atom stereocenters. The molecule has 0 bridgehead atoms. The van der Waals surface area contributed by atoms with Crippen molar-refractivity contribution < 1.29 is 0 Å². The molecule has 0 amide bonds. The predicted molar refractivity (Wildman–Crippen MR) is 87.3 cm³/mol. The monoisotopic (exact) mass is 284 g/mol. The highest BCUT2D eigenvalue weighted by atomic mass is 15.2. The third kappa shape index (κ3) is 4.02. The van der Waals surface area contributed by atoms with Crippen LogP contribution in [0.15, 0.2) is 30.3 Å². The second kappa shape index (κ2) is 6.68. The maximum atomic E-state index is 5.70. The van der Waals surface area contributed by atoms with Crippen LogP contribution in [0.5, 0.6) is 0 Å². The first kappa shape index (κ1) is 15.4. The number of hydrogen-bond acceptors (Lipinski definition) is 4. The quantitative estimate of drug-likeness (QED) is 0.917. The molecule has 0 aliphatic carbocycles. The summed E-state index contributed by atoms with van der Waals surface area (Å²) in [7, 11) is 2.06. The van der Waals surface area contributed by atoms with Crippen LogP contribution in [0.25, 0.3) is 0 Å². The van der Waals surface area contributed by atoms with Crippen molar-refractivity contribution in [1.82, 2.24) is 9.97 Å². The fourth-order valence-electron chi connectivity index (χ4n) is 2.24. The van der Waals surface area contributed by atoms with E-state index in [2.05, 4.69) is 60.0 Å². The molecule has 2 N–H and O–H groups in total. The second-order valence-corrected chi connectivity index (χ2v) is 5.76. The Morgan fingerprint density at radius 2 is 1.86 bits per heavy atom. The van der Waals surface area contributed by atoms with Crippen LogP contribution in [0, 0.1) is 6.92 Å². The van der Waals surface area contributed by atoms with E-state index in [1.54, 1.807) is 0 Å². The third-order valence-corrected chi connectivity index (χ3v) is 3.41. The van der Waals surface area contributed by atoms with Gasteiger partial charge in [-0.3, -0.25) is 0 Å². The van der Waals surface area contributed by atoms with E-state index in [-0.39, 0.29) is 0 Å². The summed E-state index contributed by atoms with van der Waals surface area (Å²) in [6.07, 6.45) is 0. The van der Waals surface area contributed by atoms with Gasteiger partial charge in [0.25, 0.3) is 0 Å². The van der Waals surface area contributed by atoms with Gasteiger partial charge >= 0.3 is 0 Å². The summed E-state index contributed by atoms with van der Waals surface area (Å²) in [4.78, 5) is 11.3. The van der Waals surface area contributed by atoms with Crippen molar-refractivity contribution in [3.63, 3.8) is 0 Å². The Morgan fingerprint density at radius 1 is 1.14 bits per heavy atom. The number of nitrogens with two attached hydrogens (primary N) is 1. The van der Waals surface area contributed by atoms with Gasteiger partial charge in [0.05, 0.1) is 0 Å². The second-order valence-electron chi connectivity index (χ2n) is 5.76. The fraction of sp³-hybridized carbons (Fsp3) is 0.412. The van der Waals surface area contributed by atoms with Gasteiger partial charge in [0.1, 0.15) is 11.6 Å². The average Bonchev–Trinajstić information content (AvgIpc) is 2.46. The lowest BCUT2D eigenvalue weighted by atomic mass is 10.1. The van der Waals surface area contributed by atoms with Gasteiger partial charge < -0.3 is 10.6 Å². The smallest absolute Gasteiger partial charge is 0.133 e. The maximum Gasteiger partial charge on any atom is 0.133 e. The Bertz CT molecular complexity index is 607. The summed E-state index contributed by atoms with van der Waals surface area (Å²) in [6, 6.07) is 10.4. The predicted octanol–water partition coefficient (Wildman–Crippen LogP) is 3.00. The van der Waals surface area contributed by atoms with E-state index < -0.39 is 0 Å². The molecule has 0 radical (unpaired) electrons. The van der Waals surface area contributed by atoms with Gasteiger partial charge in [0, 0.05) is 37.8 Å². The summed E-state index contributed by atoms with van der Waals surface area (Å²) >= 11 is 0. The summed E-state index contributed by atoms with van der Waals surface area (Å²) in [5.41, 5.74) is 9.10. The Hall–Kier alpha value is -1.94. The molecule has 0 fully saturated rings. The molecule has 21 heavy (non-hydrogen) atoms. The van der Waals surface area contributed by atoms with Crippen molar-refractivity contribution in [2.24, 2.45) is 5.73 Å². The third-order valence-electron chi connectivity index (χ3n) is 3.41. The lowest BCUT2D eigenvalue weighted by Gasteiger charge is -2.20. The first-order valence-corrected chi connectivity index (χ1v) is 7.34. The van der Waals surface area contributed by atoms with Gasteiger partial charge in [0.15, 0.2) is 0 Å². The molecule has 2 rings (SSSR count). The van der Waals surface area contributed by atoms with E-state index in [9.17, 15) is 0 Å². The van der Waals surface area contributed by atoms with Crippen LogP contribution in [0.2, 0.25) is 0 Å². The zero-order valence-corrected chi connectivity index (χ0v) is 13.3. The molecule has 0 aliphatic heterocycles. The van der Waals surface area contributed by atoms with Crippen LogP contribution in [0.4, 0.5) is 5.82 Å². The number of aromatic nitrogens is 2. The molecule has 0 aliphatic rings. The van der Waals surface area contributed by atoms with Gasteiger partial charge in [0.2, 0.25) is 0 Å². The number of hydrogen-bond donors (Lipinski definition) is 1. The van der Waals surface area contributed by atoms with Gasteiger partial charge in [-0.25, -0.2) is 9.97 Å². The normalized spacial score (nSPS) is 11.0. The van der Waals surface area contributed by atoms with Gasteiger partial charge in [-0.05, 0) is 18.1 Å². The van der Waals surface area contributed by atoms with Crippen molar-refractivity contribution in [3.8, 4) is 0 Å². The standard InChI is InChI=1S/C17H24N4/c1-12(2)17-19-13(3)8-16(20-17)21(4)11-15-7-5-6-14(9-15)10-18/h5-9,12H,10-11,18H2,1-4H3. The molecular formula is C17H24N4. The number of benzene rings is 1. The summed E-state index contributed by atoms with van der Waals surface area (Å²) in [6.45, 7) is 7.62. The topological polar surface area (TPSA) is 55.0 Å². The van der Waals surface area contributed by atoms with Crippen molar-refractivity contribution in [3.05, 3.63) is 53.0 Å². The molecule has 4 nitrogen and oxygen atoms in total. The lowest BCUT2D eigenvalue weighted by Crippen LogP contribution is -2.19. The van der Waals surface area contributed by atoms with Gasteiger partial charge in [-0.15, -0.1) is 0 Å². The molecule has 1 heterocycles. The molecule has 1 aromatic heterocycles. The first-order valence-electron chi connectivity index (χ1n) is 7.34. The minimum atomic E-state index is 0.331. The zero-order chi connectivity index (χ0) is 15.4. The highest BCUT2D eigenvalue weighted by Crippen LogP contribution is 2.18. The van der Waals surface area contributed by atoms with Crippen molar-refractivity contribution in [2.45, 2.75) is 39.8 Å². The molecule has 4 heteroatoms. The Balaban J connectivity index is 2.21. The Morgan fingerprint density at radius 3 is 2.52 bits per heavy atom. The number of anilines is 1. The van der Waals surface area contributed by atoms with E-state index in [1.165, 1.54) is 5.56 Å². The van der Waals surface area contributed by atoms with E-state index in [0.29, 0.717) is 12.5 Å². The molecule has 0 spiro atoms. The van der Waals surface area contributed by atoms with Crippen molar-refractivity contribution in [1.29, 1.82) is 0 Å². The molecule has 2 aromatic rings. The highest BCUT2D eigenvalue weighted by molar-refractivity contribution is 5.40.